The number of carbonyl (C=O) groups is 1. The Morgan fingerprint density at radius 2 is 1.97 bits per heavy atom. The first kappa shape index (κ1) is 22.8. The van der Waals surface area contributed by atoms with Crippen LogP contribution in [0, 0.1) is 6.92 Å². The molecule has 0 radical (unpaired) electrons. The van der Waals surface area contributed by atoms with Crippen molar-refractivity contribution in [1.82, 2.24) is 19.7 Å². The summed E-state index contributed by atoms with van der Waals surface area (Å²) in [5.74, 6) is -2.00. The van der Waals surface area contributed by atoms with Gasteiger partial charge in [0.05, 0.1) is 44.0 Å². The summed E-state index contributed by atoms with van der Waals surface area (Å²) in [5.41, 5.74) is -0.692. The molecule has 2 heterocycles. The summed E-state index contributed by atoms with van der Waals surface area (Å²) in [6.45, 7) is 1.48. The van der Waals surface area contributed by atoms with Crippen molar-refractivity contribution in [3.05, 3.63) is 70.0 Å². The Balaban J connectivity index is 1.75. The van der Waals surface area contributed by atoms with Gasteiger partial charge in [-0.2, -0.15) is 18.3 Å². The molecule has 0 aliphatic carbocycles. The number of aryl methyl sites for hydroxylation is 1. The number of benzene rings is 2. The van der Waals surface area contributed by atoms with Crippen LogP contribution in [0.1, 0.15) is 27.0 Å². The second-order valence-corrected chi connectivity index (χ2v) is 9.62. The van der Waals surface area contributed by atoms with Gasteiger partial charge in [0.1, 0.15) is 0 Å². The van der Waals surface area contributed by atoms with Gasteiger partial charge < -0.3 is 10.1 Å². The Morgan fingerprint density at radius 3 is 2.61 bits per heavy atom. The van der Waals surface area contributed by atoms with Crippen molar-refractivity contribution in [2.75, 3.05) is 0 Å². The number of carboxylic acid groups (broad SMARTS) is 1. The number of hydrogen-bond acceptors (Lipinski definition) is 5. The standard InChI is InChI=1S/C20H14ClF3N4O4S/c1-10-2-3-11(13(4-10)20(22,23)24)9-33(31,32)17-6-16-15(5-14(17)21)26-19(27-16)28-8-12(7-25-28)18(29)30/h2-8H,9H2,1H3,(H,26,27)(H,29,30). The zero-order valence-electron chi connectivity index (χ0n) is 16.7. The number of nitrogens with one attached hydrogen (secondary N) is 1. The van der Waals surface area contributed by atoms with Gasteiger partial charge in [0.15, 0.2) is 9.84 Å². The number of imidazole rings is 1. The third-order valence-corrected chi connectivity index (χ3v) is 6.94. The molecule has 33 heavy (non-hydrogen) atoms. The van der Waals surface area contributed by atoms with Crippen molar-refractivity contribution in [2.45, 2.75) is 23.7 Å². The van der Waals surface area contributed by atoms with Gasteiger partial charge in [-0.3, -0.25) is 0 Å². The van der Waals surface area contributed by atoms with Crippen molar-refractivity contribution in [2.24, 2.45) is 0 Å². The summed E-state index contributed by atoms with van der Waals surface area (Å²) in [6.07, 6.45) is -2.41. The summed E-state index contributed by atoms with van der Waals surface area (Å²) in [6, 6.07) is 5.86. The molecule has 4 aromatic rings. The molecule has 0 bridgehead atoms. The lowest BCUT2D eigenvalue weighted by molar-refractivity contribution is -0.138. The Labute approximate surface area is 189 Å². The molecule has 0 fully saturated rings. The molecule has 0 atom stereocenters. The zero-order chi connectivity index (χ0) is 24.1. The van der Waals surface area contributed by atoms with Gasteiger partial charge in [0, 0.05) is 6.20 Å². The van der Waals surface area contributed by atoms with Crippen LogP contribution < -0.4 is 0 Å². The number of sulfone groups is 1. The fraction of sp³-hybridized carbons (Fsp3) is 0.150. The highest BCUT2D eigenvalue weighted by Crippen LogP contribution is 2.35. The summed E-state index contributed by atoms with van der Waals surface area (Å²) in [7, 11) is -4.28. The van der Waals surface area contributed by atoms with Gasteiger partial charge in [-0.1, -0.05) is 29.3 Å². The van der Waals surface area contributed by atoms with Crippen molar-refractivity contribution in [3.63, 3.8) is 0 Å². The first-order chi connectivity index (χ1) is 15.3. The van der Waals surface area contributed by atoms with Gasteiger partial charge in [0.25, 0.3) is 0 Å². The summed E-state index contributed by atoms with van der Waals surface area (Å²) in [5, 5.41) is 12.7. The largest absolute Gasteiger partial charge is 0.478 e. The lowest BCUT2D eigenvalue weighted by Gasteiger charge is -2.14. The molecule has 2 N–H and O–H groups in total. The molecule has 172 valence electrons. The molecule has 0 saturated carbocycles. The predicted molar refractivity (Wildman–Crippen MR) is 112 cm³/mol. The van der Waals surface area contributed by atoms with Crippen LogP contribution in [0.3, 0.4) is 0 Å². The number of rotatable bonds is 5. The Hall–Kier alpha value is -3.38. The monoisotopic (exact) mass is 498 g/mol. The van der Waals surface area contributed by atoms with Crippen LogP contribution in [0.25, 0.3) is 17.0 Å². The lowest BCUT2D eigenvalue weighted by Crippen LogP contribution is -2.14. The number of hydrogen-bond donors (Lipinski definition) is 2. The molecule has 0 aliphatic heterocycles. The van der Waals surface area contributed by atoms with Gasteiger partial charge in [-0.25, -0.2) is 22.9 Å². The van der Waals surface area contributed by atoms with Gasteiger partial charge in [0.2, 0.25) is 5.95 Å². The van der Waals surface area contributed by atoms with Crippen LogP contribution in [0.15, 0.2) is 47.6 Å². The normalized spacial score (nSPS) is 12.4. The van der Waals surface area contributed by atoms with Crippen molar-refractivity contribution in [3.8, 4) is 5.95 Å². The van der Waals surface area contributed by atoms with Crippen LogP contribution in [0.2, 0.25) is 5.02 Å². The number of aromatic carboxylic acids is 1. The van der Waals surface area contributed by atoms with E-state index in [1.807, 2.05) is 0 Å². The Bertz CT molecular complexity index is 1510. The van der Waals surface area contributed by atoms with E-state index in [2.05, 4.69) is 15.1 Å². The van der Waals surface area contributed by atoms with E-state index in [9.17, 15) is 26.4 Å². The van der Waals surface area contributed by atoms with E-state index in [0.29, 0.717) is 11.1 Å². The predicted octanol–water partition coefficient (Wildman–Crippen LogP) is 4.40. The minimum atomic E-state index is -4.72. The van der Waals surface area contributed by atoms with Gasteiger partial charge in [-0.15, -0.1) is 0 Å². The zero-order valence-corrected chi connectivity index (χ0v) is 18.3. The fourth-order valence-corrected chi connectivity index (χ4v) is 5.24. The maximum Gasteiger partial charge on any atom is 0.416 e. The van der Waals surface area contributed by atoms with Crippen molar-refractivity contribution in [1.29, 1.82) is 0 Å². The Morgan fingerprint density at radius 1 is 1.24 bits per heavy atom. The van der Waals surface area contributed by atoms with Crippen LogP contribution >= 0.6 is 11.6 Å². The number of aromatic amines is 1. The van der Waals surface area contributed by atoms with E-state index < -0.39 is 38.9 Å². The van der Waals surface area contributed by atoms with E-state index in [1.54, 1.807) is 0 Å². The van der Waals surface area contributed by atoms with E-state index in [-0.39, 0.29) is 26.9 Å². The highest BCUT2D eigenvalue weighted by Gasteiger charge is 2.35. The summed E-state index contributed by atoms with van der Waals surface area (Å²) in [4.78, 5) is 17.7. The van der Waals surface area contributed by atoms with E-state index in [1.165, 1.54) is 25.3 Å². The molecule has 0 unspecified atom stereocenters. The van der Waals surface area contributed by atoms with Gasteiger partial charge in [-0.05, 0) is 30.7 Å². The third kappa shape index (κ3) is 4.44. The smallest absolute Gasteiger partial charge is 0.416 e. The maximum absolute atomic E-state index is 13.4. The maximum atomic E-state index is 13.4. The lowest BCUT2D eigenvalue weighted by atomic mass is 10.1. The summed E-state index contributed by atoms with van der Waals surface area (Å²) < 4.78 is 67.5. The SMILES string of the molecule is Cc1ccc(CS(=O)(=O)c2cc3nc(-n4cc(C(=O)O)cn4)[nH]c3cc2Cl)c(C(F)(F)F)c1. The molecule has 2 aromatic heterocycles. The first-order valence-corrected chi connectivity index (χ1v) is 11.3. The number of nitrogens with zero attached hydrogens (tertiary/aromatic N) is 3. The number of alkyl halides is 3. The average molecular weight is 499 g/mol. The Kier molecular flexibility index (Phi) is 5.45. The van der Waals surface area contributed by atoms with Crippen molar-refractivity contribution >= 4 is 38.4 Å². The van der Waals surface area contributed by atoms with Crippen LogP contribution in [0.5, 0.6) is 0 Å². The molecule has 0 amide bonds. The number of H-pyrrole nitrogens is 1. The molecular weight excluding hydrogens is 485 g/mol. The van der Waals surface area contributed by atoms with Crippen LogP contribution in [0.4, 0.5) is 13.2 Å². The van der Waals surface area contributed by atoms with Crippen LogP contribution in [-0.4, -0.2) is 39.2 Å². The number of aromatic nitrogens is 4. The molecule has 4 rings (SSSR count). The topological polar surface area (TPSA) is 118 Å². The van der Waals surface area contributed by atoms with E-state index in [0.717, 1.165) is 29.1 Å². The number of fused-ring (bicyclic) bond motifs is 1. The second kappa shape index (κ2) is 7.89. The molecule has 2 aromatic carbocycles. The summed E-state index contributed by atoms with van der Waals surface area (Å²) >= 11 is 6.16. The first-order valence-electron chi connectivity index (χ1n) is 9.22. The van der Waals surface area contributed by atoms with E-state index in [4.69, 9.17) is 16.7 Å². The molecule has 8 nitrogen and oxygen atoms in total. The second-order valence-electron chi connectivity index (χ2n) is 7.26. The highest BCUT2D eigenvalue weighted by atomic mass is 35.5. The quantitative estimate of drug-likeness (QED) is 0.421. The van der Waals surface area contributed by atoms with Gasteiger partial charge >= 0.3 is 12.1 Å². The number of carboxylic acids is 1. The molecular formula is C20H14ClF3N4O4S. The van der Waals surface area contributed by atoms with E-state index >= 15 is 0 Å². The minimum Gasteiger partial charge on any atom is -0.478 e. The molecule has 13 heteroatoms. The molecule has 0 aliphatic rings. The molecule has 0 saturated heterocycles. The minimum absolute atomic E-state index is 0.0877. The van der Waals surface area contributed by atoms with Crippen molar-refractivity contribution < 1.29 is 31.5 Å². The van der Waals surface area contributed by atoms with Crippen LogP contribution in [-0.2, 0) is 21.8 Å². The average Bonchev–Trinajstić information content (AvgIpc) is 3.34. The number of halogens is 4. The highest BCUT2D eigenvalue weighted by molar-refractivity contribution is 7.90. The third-order valence-electron chi connectivity index (χ3n) is 4.82. The molecule has 0 spiro atoms. The fourth-order valence-electron chi connectivity index (χ4n) is 3.26.